The molecule has 0 aliphatic heterocycles. The molecule has 3 heteroatoms. The Balaban J connectivity index is 1.11. The molecule has 1 aromatic heterocycles. The molecule has 3 nitrogen and oxygen atoms in total. The third-order valence-electron chi connectivity index (χ3n) is 9.14. The van der Waals surface area contributed by atoms with E-state index in [9.17, 15) is 0 Å². The Labute approximate surface area is 210 Å². The summed E-state index contributed by atoms with van der Waals surface area (Å²) in [6.07, 6.45) is 10.8. The van der Waals surface area contributed by atoms with Gasteiger partial charge in [-0.3, -0.25) is 4.90 Å². The molecule has 2 aromatic carbocycles. The minimum absolute atomic E-state index is 0.444. The summed E-state index contributed by atoms with van der Waals surface area (Å²) < 4.78 is 6.13. The summed E-state index contributed by atoms with van der Waals surface area (Å²) in [6, 6.07) is 21.3. The standard InChI is InChI=1S/C32H38N2O/c1-3-34(32-17-25-14-26(18-32)16-27(15-25)19-32)21-24-12-13-31(33-20-24)35-22-29-10-7-11-30(23(29)2)28-8-5-4-6-9-28/h4-13,20,25-27H,3,14-19,21-22H2,1-2H3. The summed E-state index contributed by atoms with van der Waals surface area (Å²) in [4.78, 5) is 7.47. The van der Waals surface area contributed by atoms with Crippen molar-refractivity contribution in [3.05, 3.63) is 83.6 Å². The fraction of sp³-hybridized carbons (Fsp3) is 0.469. The first-order valence-corrected chi connectivity index (χ1v) is 13.6. The van der Waals surface area contributed by atoms with Crippen molar-refractivity contribution in [2.75, 3.05) is 6.54 Å². The number of nitrogens with zero attached hydrogens (tertiary/aromatic N) is 2. The second kappa shape index (κ2) is 9.43. The molecule has 0 saturated heterocycles. The molecule has 0 unspecified atom stereocenters. The zero-order valence-electron chi connectivity index (χ0n) is 21.2. The summed E-state index contributed by atoms with van der Waals surface area (Å²) >= 11 is 0. The lowest BCUT2D eigenvalue weighted by Gasteiger charge is -2.60. The monoisotopic (exact) mass is 466 g/mol. The van der Waals surface area contributed by atoms with Crippen LogP contribution in [0.25, 0.3) is 11.1 Å². The number of benzene rings is 2. The normalized spacial score (nSPS) is 26.9. The summed E-state index contributed by atoms with van der Waals surface area (Å²) in [5, 5.41) is 0. The quantitative estimate of drug-likeness (QED) is 0.345. The zero-order chi connectivity index (χ0) is 23.8. The topological polar surface area (TPSA) is 25.4 Å². The average Bonchev–Trinajstić information content (AvgIpc) is 2.87. The van der Waals surface area contributed by atoms with Crippen LogP contribution in [0.15, 0.2) is 66.9 Å². The smallest absolute Gasteiger partial charge is 0.213 e. The Bertz CT molecular complexity index is 1120. The van der Waals surface area contributed by atoms with Gasteiger partial charge in [-0.2, -0.15) is 0 Å². The predicted octanol–water partition coefficient (Wildman–Crippen LogP) is 7.43. The van der Waals surface area contributed by atoms with Gasteiger partial charge in [0.15, 0.2) is 0 Å². The van der Waals surface area contributed by atoms with Crippen LogP contribution >= 0.6 is 0 Å². The maximum Gasteiger partial charge on any atom is 0.213 e. The van der Waals surface area contributed by atoms with Gasteiger partial charge in [-0.15, -0.1) is 0 Å². The van der Waals surface area contributed by atoms with Crippen LogP contribution in [0, 0.1) is 24.7 Å². The average molecular weight is 467 g/mol. The van der Waals surface area contributed by atoms with Crippen molar-refractivity contribution in [1.82, 2.24) is 9.88 Å². The third kappa shape index (κ3) is 4.51. The number of rotatable bonds is 8. The minimum Gasteiger partial charge on any atom is -0.473 e. The molecule has 0 amide bonds. The van der Waals surface area contributed by atoms with Crippen LogP contribution < -0.4 is 4.74 Å². The first-order valence-electron chi connectivity index (χ1n) is 13.6. The number of pyridine rings is 1. The van der Waals surface area contributed by atoms with E-state index in [1.54, 1.807) is 0 Å². The van der Waals surface area contributed by atoms with E-state index in [4.69, 9.17) is 4.74 Å². The maximum atomic E-state index is 6.13. The fourth-order valence-corrected chi connectivity index (χ4v) is 7.80. The van der Waals surface area contributed by atoms with E-state index in [1.165, 1.54) is 66.3 Å². The van der Waals surface area contributed by atoms with Crippen molar-refractivity contribution in [3.8, 4) is 17.0 Å². The van der Waals surface area contributed by atoms with Gasteiger partial charge in [-0.1, -0.05) is 61.5 Å². The molecule has 182 valence electrons. The molecular formula is C32H38N2O. The molecule has 7 rings (SSSR count). The van der Waals surface area contributed by atoms with Gasteiger partial charge >= 0.3 is 0 Å². The predicted molar refractivity (Wildman–Crippen MR) is 142 cm³/mol. The van der Waals surface area contributed by atoms with E-state index >= 15 is 0 Å². The molecule has 0 spiro atoms. The second-order valence-corrected chi connectivity index (χ2v) is 11.4. The summed E-state index contributed by atoms with van der Waals surface area (Å²) in [5.41, 5.74) is 6.73. The van der Waals surface area contributed by atoms with Crippen molar-refractivity contribution >= 4 is 0 Å². The Hall–Kier alpha value is -2.65. The Morgan fingerprint density at radius 3 is 2.23 bits per heavy atom. The lowest BCUT2D eigenvalue weighted by atomic mass is 9.52. The number of hydrogen-bond acceptors (Lipinski definition) is 3. The van der Waals surface area contributed by atoms with Gasteiger partial charge in [-0.25, -0.2) is 4.98 Å². The van der Waals surface area contributed by atoms with Crippen molar-refractivity contribution in [3.63, 3.8) is 0 Å². The van der Waals surface area contributed by atoms with Crippen molar-refractivity contribution in [2.24, 2.45) is 17.8 Å². The van der Waals surface area contributed by atoms with E-state index < -0.39 is 0 Å². The van der Waals surface area contributed by atoms with Crippen molar-refractivity contribution in [1.29, 1.82) is 0 Å². The molecule has 4 saturated carbocycles. The van der Waals surface area contributed by atoms with E-state index in [-0.39, 0.29) is 0 Å². The fourth-order valence-electron chi connectivity index (χ4n) is 7.80. The van der Waals surface area contributed by atoms with Gasteiger partial charge in [0.1, 0.15) is 6.61 Å². The molecule has 35 heavy (non-hydrogen) atoms. The van der Waals surface area contributed by atoms with Crippen molar-refractivity contribution < 1.29 is 4.74 Å². The lowest BCUT2D eigenvalue weighted by Crippen LogP contribution is -2.59. The highest BCUT2D eigenvalue weighted by atomic mass is 16.5. The summed E-state index contributed by atoms with van der Waals surface area (Å²) in [5.74, 6) is 3.64. The van der Waals surface area contributed by atoms with Crippen LogP contribution in [-0.2, 0) is 13.2 Å². The van der Waals surface area contributed by atoms with Crippen LogP contribution in [0.3, 0.4) is 0 Å². The molecule has 0 radical (unpaired) electrons. The highest BCUT2D eigenvalue weighted by Crippen LogP contribution is 2.58. The first-order chi connectivity index (χ1) is 17.1. The molecule has 4 bridgehead atoms. The zero-order valence-corrected chi connectivity index (χ0v) is 21.2. The summed E-state index contributed by atoms with van der Waals surface area (Å²) in [7, 11) is 0. The third-order valence-corrected chi connectivity index (χ3v) is 9.14. The Morgan fingerprint density at radius 1 is 0.886 bits per heavy atom. The lowest BCUT2D eigenvalue weighted by molar-refractivity contribution is -0.0906. The molecular weight excluding hydrogens is 428 g/mol. The molecule has 1 heterocycles. The molecule has 4 fully saturated rings. The maximum absolute atomic E-state index is 6.13. The largest absolute Gasteiger partial charge is 0.473 e. The molecule has 0 atom stereocenters. The van der Waals surface area contributed by atoms with Gasteiger partial charge in [0.2, 0.25) is 5.88 Å². The van der Waals surface area contributed by atoms with Gasteiger partial charge in [0.05, 0.1) is 0 Å². The summed E-state index contributed by atoms with van der Waals surface area (Å²) in [6.45, 7) is 7.19. The molecule has 4 aliphatic carbocycles. The number of aromatic nitrogens is 1. The van der Waals surface area contributed by atoms with E-state index in [2.05, 4.69) is 84.4 Å². The van der Waals surface area contributed by atoms with Crippen LogP contribution in [0.5, 0.6) is 5.88 Å². The van der Waals surface area contributed by atoms with E-state index in [0.29, 0.717) is 18.0 Å². The first kappa shape index (κ1) is 22.8. The van der Waals surface area contributed by atoms with Gasteiger partial charge < -0.3 is 4.74 Å². The molecule has 0 N–H and O–H groups in total. The van der Waals surface area contributed by atoms with Crippen LogP contribution in [-0.4, -0.2) is 22.0 Å². The van der Waals surface area contributed by atoms with Gasteiger partial charge in [0, 0.05) is 24.3 Å². The van der Waals surface area contributed by atoms with Crippen LogP contribution in [0.4, 0.5) is 0 Å². The van der Waals surface area contributed by atoms with Gasteiger partial charge in [-0.05, 0) is 97.6 Å². The van der Waals surface area contributed by atoms with Crippen LogP contribution in [0.2, 0.25) is 0 Å². The van der Waals surface area contributed by atoms with E-state index in [0.717, 1.165) is 30.8 Å². The molecule has 3 aromatic rings. The second-order valence-electron chi connectivity index (χ2n) is 11.4. The van der Waals surface area contributed by atoms with Gasteiger partial charge in [0.25, 0.3) is 0 Å². The highest BCUT2D eigenvalue weighted by molar-refractivity contribution is 5.68. The SMILES string of the molecule is CCN(Cc1ccc(OCc2cccc(-c3ccccc3)c2C)nc1)C12CC3CC(CC(C3)C1)C2. The number of hydrogen-bond donors (Lipinski definition) is 0. The Morgan fingerprint density at radius 2 is 1.60 bits per heavy atom. The molecule has 4 aliphatic rings. The minimum atomic E-state index is 0.444. The van der Waals surface area contributed by atoms with Crippen LogP contribution in [0.1, 0.15) is 62.1 Å². The van der Waals surface area contributed by atoms with E-state index in [1.807, 2.05) is 6.20 Å². The highest BCUT2D eigenvalue weighted by Gasteiger charge is 2.53. The van der Waals surface area contributed by atoms with Crippen molar-refractivity contribution in [2.45, 2.75) is 71.1 Å². The Kier molecular flexibility index (Phi) is 6.14. The number of ether oxygens (including phenoxy) is 1.